The molecule has 1 aliphatic rings. The van der Waals surface area contributed by atoms with Gasteiger partial charge in [-0.15, -0.1) is 0 Å². The Hall–Kier alpha value is -0.260. The molecule has 0 spiro atoms. The Labute approximate surface area is 96.5 Å². The summed E-state index contributed by atoms with van der Waals surface area (Å²) in [7, 11) is -3.26. The zero-order valence-corrected chi connectivity index (χ0v) is 10.4. The maximum atomic E-state index is 11.8. The first kappa shape index (κ1) is 10.3. The van der Waals surface area contributed by atoms with Gasteiger partial charge in [0.2, 0.25) is 9.84 Å². The highest BCUT2D eigenvalue weighted by Gasteiger charge is 2.29. The molecule has 0 atom stereocenters. The number of benzene rings is 1. The third kappa shape index (κ3) is 1.34. The molecule has 0 saturated carbocycles. The number of rotatable bonds is 1. The van der Waals surface area contributed by atoms with Crippen LogP contribution in [0.25, 0.3) is 6.08 Å². The lowest BCUT2D eigenvalue weighted by molar-refractivity contribution is 0.603. The van der Waals surface area contributed by atoms with Crippen molar-refractivity contribution in [3.05, 3.63) is 33.1 Å². The number of fused-ring (bicyclic) bond motifs is 1. The fourth-order valence-electron chi connectivity index (χ4n) is 1.40. The Balaban J connectivity index is 2.78. The van der Waals surface area contributed by atoms with Crippen molar-refractivity contribution in [2.45, 2.75) is 4.90 Å². The molecule has 0 aliphatic carbocycles. The van der Waals surface area contributed by atoms with Gasteiger partial charge in [0.1, 0.15) is 0 Å². The van der Waals surface area contributed by atoms with Crippen molar-refractivity contribution in [3.63, 3.8) is 0 Å². The molecule has 1 aromatic carbocycles. The lowest BCUT2D eigenvalue weighted by Crippen LogP contribution is -2.01. The van der Waals surface area contributed by atoms with E-state index in [1.165, 1.54) is 0 Å². The van der Waals surface area contributed by atoms with Crippen LogP contribution >= 0.6 is 28.6 Å². The van der Waals surface area contributed by atoms with Crippen molar-refractivity contribution in [2.24, 2.45) is 0 Å². The maximum absolute atomic E-state index is 11.8. The molecule has 2 rings (SSSR count). The van der Waals surface area contributed by atoms with Crippen LogP contribution < -0.4 is 0 Å². The fraction of sp³-hybridized carbons (Fsp3) is 0.111. The normalized spacial score (nSPS) is 17.7. The number of hydrogen-bond acceptors (Lipinski definition) is 3. The molecule has 5 heteroatoms. The largest absolute Gasteiger partial charge is 0.219 e. The van der Waals surface area contributed by atoms with Gasteiger partial charge in [0.05, 0.1) is 9.80 Å². The Morgan fingerprint density at radius 3 is 2.64 bits per heavy atom. The van der Waals surface area contributed by atoms with E-state index in [2.05, 4.69) is 28.6 Å². The molecule has 0 bridgehead atoms. The number of hydrogen-bond donors (Lipinski definition) is 1. The second-order valence-electron chi connectivity index (χ2n) is 2.92. The molecule has 0 N–H and O–H groups in total. The molecule has 0 aromatic heterocycles. The second kappa shape index (κ2) is 3.40. The van der Waals surface area contributed by atoms with E-state index in [4.69, 9.17) is 0 Å². The predicted molar refractivity (Wildman–Crippen MR) is 63.2 cm³/mol. The molecule has 1 aromatic rings. The van der Waals surface area contributed by atoms with Crippen LogP contribution in [0.4, 0.5) is 0 Å². The minimum atomic E-state index is -3.26. The summed E-state index contributed by atoms with van der Waals surface area (Å²) in [6, 6.07) is 5.16. The number of halogens is 1. The maximum Gasteiger partial charge on any atom is 0.204 e. The van der Waals surface area contributed by atoms with Crippen LogP contribution in [-0.4, -0.2) is 14.2 Å². The molecule has 0 fully saturated rings. The van der Waals surface area contributed by atoms with Gasteiger partial charge in [0.25, 0.3) is 0 Å². The fourth-order valence-corrected chi connectivity index (χ4v) is 4.06. The predicted octanol–water partition coefficient (Wildman–Crippen LogP) is 2.51. The van der Waals surface area contributed by atoms with Gasteiger partial charge in [-0.25, -0.2) is 8.42 Å². The standard InChI is InChI=1S/C9H7BrO2S2/c10-8-2-1-3-9-7(8)4-6(5-13)14(9,11)12/h1-4,13H,5H2. The zero-order valence-electron chi connectivity index (χ0n) is 7.07. The van der Waals surface area contributed by atoms with Gasteiger partial charge in [-0.05, 0) is 18.2 Å². The monoisotopic (exact) mass is 290 g/mol. The van der Waals surface area contributed by atoms with Crippen molar-refractivity contribution in [2.75, 3.05) is 5.75 Å². The SMILES string of the molecule is O=S1(=O)C(CS)=Cc2c(Br)cccc21. The lowest BCUT2D eigenvalue weighted by Gasteiger charge is -2.00. The van der Waals surface area contributed by atoms with Gasteiger partial charge < -0.3 is 0 Å². The van der Waals surface area contributed by atoms with Gasteiger partial charge in [-0.3, -0.25) is 0 Å². The first-order chi connectivity index (χ1) is 6.57. The first-order valence-corrected chi connectivity index (χ1v) is 6.83. The minimum Gasteiger partial charge on any atom is -0.219 e. The molecule has 14 heavy (non-hydrogen) atoms. The van der Waals surface area contributed by atoms with E-state index in [1.807, 2.05) is 6.07 Å². The van der Waals surface area contributed by atoms with Gasteiger partial charge in [-0.2, -0.15) is 12.6 Å². The molecule has 0 unspecified atom stereocenters. The van der Waals surface area contributed by atoms with Crippen molar-refractivity contribution in [1.29, 1.82) is 0 Å². The van der Waals surface area contributed by atoms with Gasteiger partial charge in [0.15, 0.2) is 0 Å². The van der Waals surface area contributed by atoms with Crippen molar-refractivity contribution < 1.29 is 8.42 Å². The summed E-state index contributed by atoms with van der Waals surface area (Å²) in [6.45, 7) is 0. The second-order valence-corrected chi connectivity index (χ2v) is 6.07. The third-order valence-electron chi connectivity index (χ3n) is 2.11. The Bertz CT molecular complexity index is 518. The highest BCUT2D eigenvalue weighted by molar-refractivity contribution is 9.10. The molecule has 0 saturated heterocycles. The van der Waals surface area contributed by atoms with Crippen molar-refractivity contribution in [1.82, 2.24) is 0 Å². The number of thiol groups is 1. The van der Waals surface area contributed by atoms with Crippen LogP contribution in [-0.2, 0) is 9.84 Å². The van der Waals surface area contributed by atoms with E-state index in [1.54, 1.807) is 18.2 Å². The molecule has 2 nitrogen and oxygen atoms in total. The van der Waals surface area contributed by atoms with E-state index in [9.17, 15) is 8.42 Å². The summed E-state index contributed by atoms with van der Waals surface area (Å²) >= 11 is 7.33. The average molecular weight is 291 g/mol. The van der Waals surface area contributed by atoms with Crippen LogP contribution in [0.2, 0.25) is 0 Å². The van der Waals surface area contributed by atoms with E-state index in [0.717, 1.165) is 10.0 Å². The molecular weight excluding hydrogens is 284 g/mol. The van der Waals surface area contributed by atoms with E-state index in [0.29, 0.717) is 9.80 Å². The van der Waals surface area contributed by atoms with Gasteiger partial charge in [0, 0.05) is 15.8 Å². The lowest BCUT2D eigenvalue weighted by atomic mass is 10.2. The summed E-state index contributed by atoms with van der Waals surface area (Å²) < 4.78 is 24.5. The van der Waals surface area contributed by atoms with E-state index >= 15 is 0 Å². The van der Waals surface area contributed by atoms with E-state index in [-0.39, 0.29) is 5.75 Å². The highest BCUT2D eigenvalue weighted by atomic mass is 79.9. The topological polar surface area (TPSA) is 34.1 Å². The summed E-state index contributed by atoms with van der Waals surface area (Å²) in [6.07, 6.45) is 1.67. The highest BCUT2D eigenvalue weighted by Crippen LogP contribution is 2.37. The number of sulfone groups is 1. The smallest absolute Gasteiger partial charge is 0.204 e. The Kier molecular flexibility index (Phi) is 2.49. The van der Waals surface area contributed by atoms with Crippen LogP contribution in [0.5, 0.6) is 0 Å². The van der Waals surface area contributed by atoms with Crippen LogP contribution in [0.1, 0.15) is 5.56 Å². The third-order valence-corrected chi connectivity index (χ3v) is 5.24. The Morgan fingerprint density at radius 2 is 2.07 bits per heavy atom. The summed E-state index contributed by atoms with van der Waals surface area (Å²) in [5.74, 6) is 0.240. The first-order valence-electron chi connectivity index (χ1n) is 3.92. The summed E-state index contributed by atoms with van der Waals surface area (Å²) in [5.41, 5.74) is 0.733. The van der Waals surface area contributed by atoms with Crippen LogP contribution in [0.15, 0.2) is 32.5 Å². The van der Waals surface area contributed by atoms with Crippen molar-refractivity contribution in [3.8, 4) is 0 Å². The van der Waals surface area contributed by atoms with Gasteiger partial charge >= 0.3 is 0 Å². The summed E-state index contributed by atoms with van der Waals surface area (Å²) in [5, 5.41) is 0. The Morgan fingerprint density at radius 1 is 1.36 bits per heavy atom. The van der Waals surface area contributed by atoms with Crippen LogP contribution in [0.3, 0.4) is 0 Å². The van der Waals surface area contributed by atoms with E-state index < -0.39 is 9.84 Å². The van der Waals surface area contributed by atoms with Crippen LogP contribution in [0, 0.1) is 0 Å². The molecule has 0 radical (unpaired) electrons. The van der Waals surface area contributed by atoms with Crippen molar-refractivity contribution >= 4 is 44.5 Å². The molecule has 0 amide bonds. The average Bonchev–Trinajstić information content (AvgIpc) is 2.40. The molecule has 74 valence electrons. The molecular formula is C9H7BrO2S2. The van der Waals surface area contributed by atoms with Gasteiger partial charge in [-0.1, -0.05) is 22.0 Å². The minimum absolute atomic E-state index is 0.240. The molecule has 1 heterocycles. The quantitative estimate of drug-likeness (QED) is 0.807. The zero-order chi connectivity index (χ0) is 10.3. The summed E-state index contributed by atoms with van der Waals surface area (Å²) in [4.78, 5) is 0.735. The molecule has 1 aliphatic heterocycles.